The van der Waals surface area contributed by atoms with Crippen LogP contribution in [-0.4, -0.2) is 66.7 Å². The smallest absolute Gasteiger partial charge is 0.251 e. The van der Waals surface area contributed by atoms with Crippen LogP contribution in [0.1, 0.15) is 29.3 Å². The molecule has 1 aromatic carbocycles. The summed E-state index contributed by atoms with van der Waals surface area (Å²) in [5.41, 5.74) is 1.93. The van der Waals surface area contributed by atoms with E-state index in [2.05, 4.69) is 22.0 Å². The van der Waals surface area contributed by atoms with E-state index in [1.54, 1.807) is 7.05 Å². The molecule has 1 aliphatic heterocycles. The molecule has 1 aliphatic rings. The highest BCUT2D eigenvalue weighted by Crippen LogP contribution is 2.13. The van der Waals surface area contributed by atoms with Crippen LogP contribution in [0.5, 0.6) is 0 Å². The molecule has 1 saturated heterocycles. The summed E-state index contributed by atoms with van der Waals surface area (Å²) in [5, 5.41) is 12.0. The van der Waals surface area contributed by atoms with Crippen molar-refractivity contribution in [2.24, 2.45) is 0 Å². The third-order valence-electron chi connectivity index (χ3n) is 4.45. The van der Waals surface area contributed by atoms with Gasteiger partial charge in [-0.25, -0.2) is 0 Å². The fourth-order valence-corrected chi connectivity index (χ4v) is 2.95. The monoisotopic (exact) mass is 305 g/mol. The van der Waals surface area contributed by atoms with Gasteiger partial charge in [0, 0.05) is 51.4 Å². The summed E-state index contributed by atoms with van der Waals surface area (Å²) in [6.45, 7) is 7.35. The Morgan fingerprint density at radius 3 is 2.36 bits per heavy atom. The predicted molar refractivity (Wildman–Crippen MR) is 87.8 cm³/mol. The summed E-state index contributed by atoms with van der Waals surface area (Å²) >= 11 is 0. The number of benzene rings is 1. The number of piperazine rings is 1. The first kappa shape index (κ1) is 16.9. The molecule has 22 heavy (non-hydrogen) atoms. The Morgan fingerprint density at radius 2 is 1.86 bits per heavy atom. The van der Waals surface area contributed by atoms with Gasteiger partial charge in [0.1, 0.15) is 0 Å². The Labute approximate surface area is 132 Å². The molecular formula is C17H27N3O2. The van der Waals surface area contributed by atoms with Crippen molar-refractivity contribution in [1.29, 1.82) is 0 Å². The van der Waals surface area contributed by atoms with Crippen LogP contribution in [0.25, 0.3) is 0 Å². The molecule has 0 aliphatic carbocycles. The van der Waals surface area contributed by atoms with Gasteiger partial charge in [0.15, 0.2) is 0 Å². The minimum absolute atomic E-state index is 0.0465. The molecule has 1 fully saturated rings. The molecule has 0 spiro atoms. The molecule has 122 valence electrons. The third-order valence-corrected chi connectivity index (χ3v) is 4.45. The molecule has 0 radical (unpaired) electrons. The quantitative estimate of drug-likeness (QED) is 0.821. The summed E-state index contributed by atoms with van der Waals surface area (Å²) in [6.07, 6.45) is 0.997. The minimum Gasteiger partial charge on any atom is -0.395 e. The molecule has 5 heteroatoms. The van der Waals surface area contributed by atoms with Crippen molar-refractivity contribution in [3.8, 4) is 0 Å². The molecule has 1 aromatic rings. The SMILES string of the molecule is CCC(CO)N1CCN(Cc2ccc(C(=O)NC)cc2)CC1. The molecule has 0 bridgehead atoms. The van der Waals surface area contributed by atoms with E-state index in [0.717, 1.165) is 39.1 Å². The van der Waals surface area contributed by atoms with Crippen molar-refractivity contribution >= 4 is 5.91 Å². The molecule has 0 saturated carbocycles. The Hall–Kier alpha value is -1.43. The zero-order valence-corrected chi connectivity index (χ0v) is 13.6. The van der Waals surface area contributed by atoms with Crippen molar-refractivity contribution in [2.45, 2.75) is 25.9 Å². The molecule has 2 rings (SSSR count). The van der Waals surface area contributed by atoms with E-state index in [9.17, 15) is 9.90 Å². The molecule has 1 heterocycles. The second kappa shape index (κ2) is 8.27. The van der Waals surface area contributed by atoms with Crippen LogP contribution in [0.2, 0.25) is 0 Å². The van der Waals surface area contributed by atoms with Crippen molar-refractivity contribution in [3.05, 3.63) is 35.4 Å². The Morgan fingerprint density at radius 1 is 1.23 bits per heavy atom. The van der Waals surface area contributed by atoms with Crippen LogP contribution in [0.3, 0.4) is 0 Å². The van der Waals surface area contributed by atoms with Gasteiger partial charge in [-0.3, -0.25) is 14.6 Å². The topological polar surface area (TPSA) is 55.8 Å². The first-order valence-electron chi connectivity index (χ1n) is 8.06. The zero-order valence-electron chi connectivity index (χ0n) is 13.6. The number of carbonyl (C=O) groups is 1. The third kappa shape index (κ3) is 4.29. The van der Waals surface area contributed by atoms with Gasteiger partial charge in [-0.1, -0.05) is 19.1 Å². The highest BCUT2D eigenvalue weighted by atomic mass is 16.3. The molecule has 1 amide bonds. The van der Waals surface area contributed by atoms with Crippen LogP contribution in [0, 0.1) is 0 Å². The van der Waals surface area contributed by atoms with Crippen LogP contribution >= 0.6 is 0 Å². The van der Waals surface area contributed by atoms with Crippen molar-refractivity contribution in [3.63, 3.8) is 0 Å². The first-order valence-corrected chi connectivity index (χ1v) is 8.06. The summed E-state index contributed by atoms with van der Waals surface area (Å²) in [7, 11) is 1.64. The maximum absolute atomic E-state index is 11.5. The maximum atomic E-state index is 11.5. The number of carbonyl (C=O) groups excluding carboxylic acids is 1. The number of nitrogens with zero attached hydrogens (tertiary/aromatic N) is 2. The second-order valence-electron chi connectivity index (χ2n) is 5.83. The number of hydrogen-bond donors (Lipinski definition) is 2. The van der Waals surface area contributed by atoms with E-state index >= 15 is 0 Å². The standard InChI is InChI=1S/C17H27N3O2/c1-3-16(13-21)20-10-8-19(9-11-20)12-14-4-6-15(7-5-14)17(22)18-2/h4-7,16,21H,3,8-13H2,1-2H3,(H,18,22). The molecular weight excluding hydrogens is 278 g/mol. The predicted octanol–water partition coefficient (Wildman–Crippen LogP) is 0.935. The zero-order chi connectivity index (χ0) is 15.9. The van der Waals surface area contributed by atoms with Gasteiger partial charge >= 0.3 is 0 Å². The fourth-order valence-electron chi connectivity index (χ4n) is 2.95. The van der Waals surface area contributed by atoms with Crippen molar-refractivity contribution in [1.82, 2.24) is 15.1 Å². The fraction of sp³-hybridized carbons (Fsp3) is 0.588. The molecule has 2 N–H and O–H groups in total. The lowest BCUT2D eigenvalue weighted by Gasteiger charge is -2.38. The molecule has 1 atom stereocenters. The lowest BCUT2D eigenvalue weighted by Crippen LogP contribution is -2.50. The van der Waals surface area contributed by atoms with E-state index in [0.29, 0.717) is 11.6 Å². The van der Waals surface area contributed by atoms with Gasteiger partial charge in [0.05, 0.1) is 6.61 Å². The molecule has 5 nitrogen and oxygen atoms in total. The van der Waals surface area contributed by atoms with Gasteiger partial charge in [0.25, 0.3) is 5.91 Å². The lowest BCUT2D eigenvalue weighted by atomic mass is 10.1. The normalized spacial score (nSPS) is 18.1. The number of amides is 1. The van der Waals surface area contributed by atoms with Crippen LogP contribution in [0.15, 0.2) is 24.3 Å². The number of nitrogens with one attached hydrogen (secondary N) is 1. The number of aliphatic hydroxyl groups excluding tert-OH is 1. The Bertz CT molecular complexity index is 463. The average molecular weight is 305 g/mol. The Kier molecular flexibility index (Phi) is 6.36. The van der Waals surface area contributed by atoms with Gasteiger partial charge in [-0.2, -0.15) is 0 Å². The summed E-state index contributed by atoms with van der Waals surface area (Å²) < 4.78 is 0. The average Bonchev–Trinajstić information content (AvgIpc) is 2.57. The molecule has 0 aromatic heterocycles. The van der Waals surface area contributed by atoms with Gasteiger partial charge in [0.2, 0.25) is 0 Å². The lowest BCUT2D eigenvalue weighted by molar-refractivity contribution is 0.0608. The summed E-state index contributed by atoms with van der Waals surface area (Å²) in [6, 6.07) is 8.11. The van der Waals surface area contributed by atoms with Crippen LogP contribution in [-0.2, 0) is 6.54 Å². The second-order valence-corrected chi connectivity index (χ2v) is 5.83. The number of aliphatic hydroxyl groups is 1. The van der Waals surface area contributed by atoms with E-state index < -0.39 is 0 Å². The number of rotatable bonds is 6. The molecule has 1 unspecified atom stereocenters. The van der Waals surface area contributed by atoms with Gasteiger partial charge in [-0.15, -0.1) is 0 Å². The summed E-state index contributed by atoms with van der Waals surface area (Å²) in [4.78, 5) is 16.3. The van der Waals surface area contributed by atoms with E-state index in [-0.39, 0.29) is 12.5 Å². The Balaban J connectivity index is 1.84. The van der Waals surface area contributed by atoms with Crippen LogP contribution in [0.4, 0.5) is 0 Å². The van der Waals surface area contributed by atoms with Gasteiger partial charge < -0.3 is 10.4 Å². The van der Waals surface area contributed by atoms with Crippen molar-refractivity contribution < 1.29 is 9.90 Å². The van der Waals surface area contributed by atoms with Gasteiger partial charge in [-0.05, 0) is 24.1 Å². The maximum Gasteiger partial charge on any atom is 0.251 e. The largest absolute Gasteiger partial charge is 0.395 e. The summed E-state index contributed by atoms with van der Waals surface area (Å²) in [5.74, 6) is -0.0465. The highest BCUT2D eigenvalue weighted by Gasteiger charge is 2.22. The van der Waals surface area contributed by atoms with E-state index in [4.69, 9.17) is 0 Å². The first-order chi connectivity index (χ1) is 10.7. The number of hydrogen-bond acceptors (Lipinski definition) is 4. The minimum atomic E-state index is -0.0465. The van der Waals surface area contributed by atoms with E-state index in [1.807, 2.05) is 24.3 Å². The van der Waals surface area contributed by atoms with E-state index in [1.165, 1.54) is 5.56 Å². The highest BCUT2D eigenvalue weighted by molar-refractivity contribution is 5.93. The van der Waals surface area contributed by atoms with Crippen LogP contribution < -0.4 is 5.32 Å². The van der Waals surface area contributed by atoms with Crippen molar-refractivity contribution in [2.75, 3.05) is 39.8 Å².